The molecule has 2 aromatic carbocycles. The van der Waals surface area contributed by atoms with Gasteiger partial charge >= 0.3 is 5.69 Å². The van der Waals surface area contributed by atoms with E-state index in [0.29, 0.717) is 17.3 Å². The molecule has 0 amide bonds. The summed E-state index contributed by atoms with van der Waals surface area (Å²) < 4.78 is 8.43. The number of nitrogens with one attached hydrogen (secondary N) is 1. The van der Waals surface area contributed by atoms with Crippen molar-refractivity contribution in [3.63, 3.8) is 0 Å². The van der Waals surface area contributed by atoms with Crippen molar-refractivity contribution in [2.24, 2.45) is 12.0 Å². The predicted molar refractivity (Wildman–Crippen MR) is 140 cm³/mol. The van der Waals surface area contributed by atoms with E-state index >= 15 is 0 Å². The lowest BCUT2D eigenvalue weighted by molar-refractivity contribution is 0.277. The highest BCUT2D eigenvalue weighted by molar-refractivity contribution is 6.30. The van der Waals surface area contributed by atoms with Gasteiger partial charge < -0.3 is 15.2 Å². The van der Waals surface area contributed by atoms with Crippen molar-refractivity contribution < 1.29 is 9.84 Å². The molecule has 0 fully saturated rings. The van der Waals surface area contributed by atoms with E-state index in [9.17, 15) is 14.7 Å². The summed E-state index contributed by atoms with van der Waals surface area (Å²) in [4.78, 5) is 30.8. The minimum atomic E-state index is -0.519. The smallest absolute Gasteiger partial charge is 0.332 e. The van der Waals surface area contributed by atoms with Gasteiger partial charge in [-0.15, -0.1) is 0 Å². The second-order valence-corrected chi connectivity index (χ2v) is 8.92. The minimum Gasteiger partial charge on any atom is -0.443 e. The molecule has 9 heteroatoms. The number of ether oxygens (including phenoxy) is 1. The van der Waals surface area contributed by atoms with Gasteiger partial charge in [-0.25, -0.2) is 4.79 Å². The van der Waals surface area contributed by atoms with E-state index in [0.717, 1.165) is 15.7 Å². The Kier molecular flexibility index (Phi) is 8.89. The number of rotatable bonds is 9. The topological polar surface area (TPSA) is 97.9 Å². The van der Waals surface area contributed by atoms with Crippen LogP contribution in [-0.4, -0.2) is 26.7 Å². The Balaban J connectivity index is 2.05. The first-order chi connectivity index (χ1) is 16.7. The van der Waals surface area contributed by atoms with Crippen LogP contribution in [0, 0.1) is 0 Å². The average Bonchev–Trinajstić information content (AvgIpc) is 2.83. The molecule has 1 aromatic heterocycles. The van der Waals surface area contributed by atoms with Crippen molar-refractivity contribution in [2.75, 3.05) is 11.9 Å². The van der Waals surface area contributed by atoms with Gasteiger partial charge in [-0.05, 0) is 41.7 Å². The van der Waals surface area contributed by atoms with Crippen molar-refractivity contribution in [3.05, 3.63) is 85.5 Å². The Morgan fingerprint density at radius 2 is 1.83 bits per heavy atom. The Bertz CT molecular complexity index is 1310. The van der Waals surface area contributed by atoms with Crippen LogP contribution in [0.2, 0.25) is 5.02 Å². The fourth-order valence-corrected chi connectivity index (χ4v) is 3.77. The lowest BCUT2D eigenvalue weighted by atomic mass is 10.0. The van der Waals surface area contributed by atoms with E-state index < -0.39 is 11.2 Å². The molecule has 0 unspecified atom stereocenters. The molecule has 0 aliphatic heterocycles. The lowest BCUT2D eigenvalue weighted by Crippen LogP contribution is -2.40. The third-order valence-electron chi connectivity index (χ3n) is 5.50. The number of para-hydroxylation sites is 1. The lowest BCUT2D eigenvalue weighted by Gasteiger charge is -2.17. The molecule has 0 radical (unpaired) electrons. The molecular weight excluding hydrogens is 468 g/mol. The van der Waals surface area contributed by atoms with Gasteiger partial charge in [-0.1, -0.05) is 55.8 Å². The molecule has 0 atom stereocenters. The van der Waals surface area contributed by atoms with E-state index in [1.54, 1.807) is 26.1 Å². The van der Waals surface area contributed by atoms with Crippen LogP contribution in [0.3, 0.4) is 0 Å². The van der Waals surface area contributed by atoms with Gasteiger partial charge in [0, 0.05) is 38.7 Å². The van der Waals surface area contributed by atoms with Crippen LogP contribution in [0.4, 0.5) is 11.5 Å². The average molecular weight is 499 g/mol. The molecule has 3 aromatic rings. The van der Waals surface area contributed by atoms with Crippen LogP contribution in [-0.2, 0) is 20.1 Å². The van der Waals surface area contributed by atoms with Crippen molar-refractivity contribution in [1.82, 2.24) is 9.13 Å². The largest absolute Gasteiger partial charge is 0.443 e. The van der Waals surface area contributed by atoms with Crippen LogP contribution >= 0.6 is 11.6 Å². The molecule has 8 nitrogen and oxygen atoms in total. The Morgan fingerprint density at radius 1 is 1.14 bits per heavy atom. The molecule has 186 valence electrons. The van der Waals surface area contributed by atoms with E-state index in [4.69, 9.17) is 16.3 Å². The second kappa shape index (κ2) is 11.9. The number of nitrogens with zero attached hydrogens (tertiary/aromatic N) is 3. The Labute approximate surface area is 209 Å². The maximum atomic E-state index is 13.3. The molecule has 0 saturated heterocycles. The van der Waals surface area contributed by atoms with Crippen LogP contribution in [0.1, 0.15) is 44.2 Å². The zero-order valence-corrected chi connectivity index (χ0v) is 21.2. The predicted octanol–water partition coefficient (Wildman–Crippen LogP) is 4.45. The molecule has 0 spiro atoms. The number of hydrogen-bond acceptors (Lipinski definition) is 6. The third kappa shape index (κ3) is 6.41. The fourth-order valence-electron chi connectivity index (χ4n) is 3.64. The van der Waals surface area contributed by atoms with E-state index in [2.05, 4.69) is 24.2 Å². The monoisotopic (exact) mass is 498 g/mol. The van der Waals surface area contributed by atoms with Gasteiger partial charge in [-0.3, -0.25) is 13.9 Å². The number of aromatic nitrogens is 2. The Morgan fingerprint density at radius 3 is 2.49 bits per heavy atom. The number of hydrogen-bond donors (Lipinski definition) is 2. The first-order valence-corrected chi connectivity index (χ1v) is 11.9. The first kappa shape index (κ1) is 26.2. The van der Waals surface area contributed by atoms with Gasteiger partial charge in [0.25, 0.3) is 5.56 Å². The van der Waals surface area contributed by atoms with Crippen molar-refractivity contribution >= 4 is 29.0 Å². The number of aliphatic hydroxyl groups is 1. The van der Waals surface area contributed by atoms with Gasteiger partial charge in [-0.2, -0.15) is 4.99 Å². The molecule has 1 heterocycles. The maximum Gasteiger partial charge on any atom is 0.332 e. The standard InChI is InChI=1S/C26H31ClN4O4/c1-17(2)21-8-5-6-9-22(21)35-18(3)29-24-23(28-16-19-10-12-20(27)13-11-19)25(33)31(14-7-15-32)26(34)30(24)4/h5-6,8-13,17,28,32H,7,14-16H2,1-4H3. The van der Waals surface area contributed by atoms with Crippen LogP contribution in [0.25, 0.3) is 0 Å². The van der Waals surface area contributed by atoms with Gasteiger partial charge in [0.05, 0.1) is 0 Å². The molecule has 0 aliphatic carbocycles. The summed E-state index contributed by atoms with van der Waals surface area (Å²) in [6.45, 7) is 6.11. The van der Waals surface area contributed by atoms with Gasteiger partial charge in [0.15, 0.2) is 11.7 Å². The van der Waals surface area contributed by atoms with E-state index in [1.807, 2.05) is 36.4 Å². The van der Waals surface area contributed by atoms with Gasteiger partial charge in [0.1, 0.15) is 11.4 Å². The molecule has 35 heavy (non-hydrogen) atoms. The molecule has 2 N–H and O–H groups in total. The quantitative estimate of drug-likeness (QED) is 0.335. The first-order valence-electron chi connectivity index (χ1n) is 11.5. The summed E-state index contributed by atoms with van der Waals surface area (Å²) in [5, 5.41) is 13.0. The highest BCUT2D eigenvalue weighted by Crippen LogP contribution is 2.27. The summed E-state index contributed by atoms with van der Waals surface area (Å²) in [5.41, 5.74) is 1.06. The van der Waals surface area contributed by atoms with Crippen molar-refractivity contribution in [1.29, 1.82) is 0 Å². The van der Waals surface area contributed by atoms with Crippen molar-refractivity contribution in [2.45, 2.75) is 46.2 Å². The van der Waals surface area contributed by atoms with Crippen LogP contribution in [0.15, 0.2) is 63.1 Å². The van der Waals surface area contributed by atoms with E-state index in [-0.39, 0.29) is 42.9 Å². The number of benzene rings is 2. The SMILES string of the molecule is CC(=Nc1c(NCc2ccc(Cl)cc2)c(=O)n(CCCO)c(=O)n1C)Oc1ccccc1C(C)C. The third-order valence-corrected chi connectivity index (χ3v) is 5.75. The highest BCUT2D eigenvalue weighted by atomic mass is 35.5. The minimum absolute atomic E-state index is 0.0961. The summed E-state index contributed by atoms with van der Waals surface area (Å²) in [6.07, 6.45) is 0.280. The number of aliphatic hydroxyl groups excluding tert-OH is 1. The maximum absolute atomic E-state index is 13.3. The summed E-state index contributed by atoms with van der Waals surface area (Å²) >= 11 is 5.98. The van der Waals surface area contributed by atoms with Crippen molar-refractivity contribution in [3.8, 4) is 5.75 Å². The zero-order chi connectivity index (χ0) is 25.5. The number of anilines is 1. The van der Waals surface area contributed by atoms with E-state index in [1.165, 1.54) is 4.57 Å². The molecule has 0 aliphatic rings. The summed E-state index contributed by atoms with van der Waals surface area (Å²) in [7, 11) is 1.55. The Hall–Kier alpha value is -3.36. The number of aliphatic imine (C=N–C) groups is 1. The normalized spacial score (nSPS) is 11.7. The summed E-state index contributed by atoms with van der Waals surface area (Å²) in [5.74, 6) is 1.36. The molecular formula is C26H31ClN4O4. The molecule has 3 rings (SSSR count). The highest BCUT2D eigenvalue weighted by Gasteiger charge is 2.18. The number of halogens is 1. The fraction of sp³-hybridized carbons (Fsp3) is 0.346. The summed E-state index contributed by atoms with van der Waals surface area (Å²) in [6, 6.07) is 14.9. The second-order valence-electron chi connectivity index (χ2n) is 8.48. The van der Waals surface area contributed by atoms with Crippen LogP contribution < -0.4 is 21.3 Å². The molecule has 0 saturated carbocycles. The zero-order valence-electron chi connectivity index (χ0n) is 20.4. The van der Waals surface area contributed by atoms with Crippen LogP contribution in [0.5, 0.6) is 5.75 Å². The van der Waals surface area contributed by atoms with Gasteiger partial charge in [0.2, 0.25) is 0 Å². The molecule has 0 bridgehead atoms.